The van der Waals surface area contributed by atoms with Crippen molar-refractivity contribution in [3.63, 3.8) is 0 Å². The van der Waals surface area contributed by atoms with Crippen LogP contribution in [0.4, 0.5) is 5.95 Å². The van der Waals surface area contributed by atoms with E-state index >= 15 is 0 Å². The van der Waals surface area contributed by atoms with E-state index in [1.807, 2.05) is 36.4 Å². The van der Waals surface area contributed by atoms with E-state index in [1.165, 1.54) is 0 Å². The van der Waals surface area contributed by atoms with Crippen molar-refractivity contribution in [1.82, 2.24) is 19.7 Å². The van der Waals surface area contributed by atoms with Crippen LogP contribution in [0.15, 0.2) is 55.1 Å². The first-order valence-electron chi connectivity index (χ1n) is 7.94. The summed E-state index contributed by atoms with van der Waals surface area (Å²) >= 11 is 0. The maximum Gasteiger partial charge on any atom is 0.248 e. The molecule has 0 saturated carbocycles. The smallest absolute Gasteiger partial charge is 0.248 e. The highest BCUT2D eigenvalue weighted by atomic mass is 16.5. The number of hydrogen-bond acceptors (Lipinski definition) is 5. The molecular formula is C18H19N5O2. The third-order valence-electron chi connectivity index (χ3n) is 3.65. The van der Waals surface area contributed by atoms with Gasteiger partial charge in [0, 0.05) is 18.8 Å². The summed E-state index contributed by atoms with van der Waals surface area (Å²) in [7, 11) is 1.63. The first kappa shape index (κ1) is 16.6. The van der Waals surface area contributed by atoms with Crippen LogP contribution in [0.5, 0.6) is 5.75 Å². The zero-order chi connectivity index (χ0) is 17.5. The minimum Gasteiger partial charge on any atom is -0.497 e. The molecule has 2 heterocycles. The molecule has 1 aromatic carbocycles. The van der Waals surface area contributed by atoms with Gasteiger partial charge in [0.1, 0.15) is 12.1 Å². The molecule has 0 aliphatic carbocycles. The van der Waals surface area contributed by atoms with Gasteiger partial charge in [-0.25, -0.2) is 9.67 Å². The van der Waals surface area contributed by atoms with Crippen LogP contribution in [0.25, 0.3) is 0 Å². The van der Waals surface area contributed by atoms with Gasteiger partial charge < -0.3 is 4.74 Å². The fraction of sp³-hybridized carbons (Fsp3) is 0.222. The lowest BCUT2D eigenvalue weighted by atomic mass is 10.1. The van der Waals surface area contributed by atoms with Gasteiger partial charge >= 0.3 is 0 Å². The molecule has 7 nitrogen and oxygen atoms in total. The van der Waals surface area contributed by atoms with E-state index in [-0.39, 0.29) is 5.91 Å². The van der Waals surface area contributed by atoms with E-state index in [9.17, 15) is 4.79 Å². The molecule has 2 aromatic heterocycles. The summed E-state index contributed by atoms with van der Waals surface area (Å²) in [5.74, 6) is 0.995. The lowest BCUT2D eigenvalue weighted by Crippen LogP contribution is -2.14. The van der Waals surface area contributed by atoms with Crippen LogP contribution in [0, 0.1) is 0 Å². The van der Waals surface area contributed by atoms with Gasteiger partial charge in [-0.3, -0.25) is 15.1 Å². The Kier molecular flexibility index (Phi) is 5.36. The van der Waals surface area contributed by atoms with Gasteiger partial charge in [-0.05, 0) is 35.7 Å². The number of carbonyl (C=O) groups excluding carboxylic acids is 1. The molecule has 25 heavy (non-hydrogen) atoms. The number of rotatable bonds is 7. The lowest BCUT2D eigenvalue weighted by molar-refractivity contribution is -0.116. The third-order valence-corrected chi connectivity index (χ3v) is 3.65. The zero-order valence-electron chi connectivity index (χ0n) is 13.9. The molecular weight excluding hydrogens is 318 g/mol. The molecule has 3 rings (SSSR count). The second kappa shape index (κ2) is 8.05. The first-order chi connectivity index (χ1) is 12.2. The monoisotopic (exact) mass is 337 g/mol. The number of amides is 1. The number of hydrogen-bond donors (Lipinski definition) is 1. The fourth-order valence-electron chi connectivity index (χ4n) is 2.34. The van der Waals surface area contributed by atoms with Gasteiger partial charge in [0.2, 0.25) is 11.9 Å². The average Bonchev–Trinajstić information content (AvgIpc) is 3.08. The van der Waals surface area contributed by atoms with Gasteiger partial charge in [-0.2, -0.15) is 0 Å². The molecule has 7 heteroatoms. The van der Waals surface area contributed by atoms with E-state index in [4.69, 9.17) is 4.74 Å². The second-order valence-corrected chi connectivity index (χ2v) is 5.52. The molecule has 0 fully saturated rings. The highest BCUT2D eigenvalue weighted by Gasteiger charge is 2.07. The van der Waals surface area contributed by atoms with Crippen molar-refractivity contribution in [2.75, 3.05) is 12.4 Å². The van der Waals surface area contributed by atoms with E-state index in [2.05, 4.69) is 20.4 Å². The summed E-state index contributed by atoms with van der Waals surface area (Å²) in [6, 6.07) is 11.5. The molecule has 0 unspecified atom stereocenters. The van der Waals surface area contributed by atoms with Crippen molar-refractivity contribution in [2.45, 2.75) is 19.4 Å². The highest BCUT2D eigenvalue weighted by molar-refractivity contribution is 5.88. The average molecular weight is 337 g/mol. The molecule has 1 N–H and O–H groups in total. The quantitative estimate of drug-likeness (QED) is 0.715. The number of ether oxygens (including phenoxy) is 1. The zero-order valence-corrected chi connectivity index (χ0v) is 13.9. The van der Waals surface area contributed by atoms with Gasteiger partial charge in [0.15, 0.2) is 0 Å². The number of pyridine rings is 1. The van der Waals surface area contributed by atoms with Gasteiger partial charge in [-0.15, -0.1) is 5.10 Å². The maximum absolute atomic E-state index is 12.0. The number of aryl methyl sites for hydroxylation is 1. The number of carbonyl (C=O) groups is 1. The van der Waals surface area contributed by atoms with Crippen molar-refractivity contribution >= 4 is 11.9 Å². The Hall–Kier alpha value is -3.22. The standard InChI is InChI=1S/C18H19N5O2/c1-25-16-7-4-14(5-8-16)6-9-17(24)21-18-20-13-23(22-18)12-15-3-2-10-19-11-15/h2-5,7-8,10-11,13H,6,9,12H2,1H3,(H,21,22,24). The summed E-state index contributed by atoms with van der Waals surface area (Å²) in [4.78, 5) is 20.2. The molecule has 1 amide bonds. The van der Waals surface area contributed by atoms with Gasteiger partial charge in [-0.1, -0.05) is 18.2 Å². The van der Waals surface area contributed by atoms with Gasteiger partial charge in [0.05, 0.1) is 13.7 Å². The second-order valence-electron chi connectivity index (χ2n) is 5.52. The maximum atomic E-state index is 12.0. The van der Waals surface area contributed by atoms with E-state index in [1.54, 1.807) is 30.5 Å². The summed E-state index contributed by atoms with van der Waals surface area (Å²) in [5.41, 5.74) is 2.09. The molecule has 0 spiro atoms. The Morgan fingerprint density at radius 2 is 2.04 bits per heavy atom. The van der Waals surface area contributed by atoms with E-state index < -0.39 is 0 Å². The van der Waals surface area contributed by atoms with Crippen molar-refractivity contribution in [3.05, 3.63) is 66.2 Å². The molecule has 0 aliphatic heterocycles. The van der Waals surface area contributed by atoms with Crippen molar-refractivity contribution in [1.29, 1.82) is 0 Å². The van der Waals surface area contributed by atoms with Crippen molar-refractivity contribution in [3.8, 4) is 5.75 Å². The van der Waals surface area contributed by atoms with E-state index in [0.29, 0.717) is 25.3 Å². The Labute approximate surface area is 145 Å². The first-order valence-corrected chi connectivity index (χ1v) is 7.94. The lowest BCUT2D eigenvalue weighted by Gasteiger charge is -2.04. The molecule has 128 valence electrons. The molecule has 0 bridgehead atoms. The van der Waals surface area contributed by atoms with Crippen LogP contribution in [0.1, 0.15) is 17.5 Å². The number of aromatic nitrogens is 4. The molecule has 0 aliphatic rings. The van der Waals surface area contributed by atoms with Crippen LogP contribution in [-0.4, -0.2) is 32.8 Å². The van der Waals surface area contributed by atoms with Crippen molar-refractivity contribution < 1.29 is 9.53 Å². The Bertz CT molecular complexity index is 815. The molecule has 0 saturated heterocycles. The molecule has 0 radical (unpaired) electrons. The summed E-state index contributed by atoms with van der Waals surface area (Å²) in [6.45, 7) is 0.558. The summed E-state index contributed by atoms with van der Waals surface area (Å²) in [5, 5.41) is 6.97. The summed E-state index contributed by atoms with van der Waals surface area (Å²) in [6.07, 6.45) is 6.09. The normalized spacial score (nSPS) is 10.4. The van der Waals surface area contributed by atoms with Crippen LogP contribution in [0.2, 0.25) is 0 Å². The molecule has 0 atom stereocenters. The Balaban J connectivity index is 1.49. The number of benzene rings is 1. The third kappa shape index (κ3) is 4.87. The van der Waals surface area contributed by atoms with Crippen LogP contribution >= 0.6 is 0 Å². The number of nitrogens with one attached hydrogen (secondary N) is 1. The largest absolute Gasteiger partial charge is 0.497 e. The number of anilines is 1. The number of methoxy groups -OCH3 is 1. The van der Waals surface area contributed by atoms with Crippen LogP contribution in [-0.2, 0) is 17.8 Å². The van der Waals surface area contributed by atoms with Gasteiger partial charge in [0.25, 0.3) is 0 Å². The van der Waals surface area contributed by atoms with Crippen molar-refractivity contribution in [2.24, 2.45) is 0 Å². The fourth-order valence-corrected chi connectivity index (χ4v) is 2.34. The predicted molar refractivity (Wildman–Crippen MR) is 93.3 cm³/mol. The highest BCUT2D eigenvalue weighted by Crippen LogP contribution is 2.13. The summed E-state index contributed by atoms with van der Waals surface area (Å²) < 4.78 is 6.78. The Morgan fingerprint density at radius 1 is 1.20 bits per heavy atom. The predicted octanol–water partition coefficient (Wildman–Crippen LogP) is 2.30. The van der Waals surface area contributed by atoms with E-state index in [0.717, 1.165) is 16.9 Å². The SMILES string of the molecule is COc1ccc(CCC(=O)Nc2ncn(Cc3cccnc3)n2)cc1. The minimum atomic E-state index is -0.116. The topological polar surface area (TPSA) is 81.9 Å². The van der Waals surface area contributed by atoms with Crippen LogP contribution < -0.4 is 10.1 Å². The minimum absolute atomic E-state index is 0.116. The van der Waals surface area contributed by atoms with Crippen LogP contribution in [0.3, 0.4) is 0 Å². The molecule has 3 aromatic rings. The Morgan fingerprint density at radius 3 is 2.76 bits per heavy atom. The number of nitrogens with zero attached hydrogens (tertiary/aromatic N) is 4.